The number of nitrogens with two attached hydrogens (primary N) is 1. The summed E-state index contributed by atoms with van der Waals surface area (Å²) >= 11 is 0. The number of carbonyl (C=O) groups is 1. The highest BCUT2D eigenvalue weighted by molar-refractivity contribution is 5.61. The average molecular weight is 221 g/mol. The molecule has 0 aromatic carbocycles. The lowest BCUT2D eigenvalue weighted by Crippen LogP contribution is -2.39. The number of nitrogens with one attached hydrogen (secondary N) is 2. The summed E-state index contributed by atoms with van der Waals surface area (Å²) in [5.41, 5.74) is 7.09. The first-order valence-corrected chi connectivity index (χ1v) is 5.24. The van der Waals surface area contributed by atoms with Crippen LogP contribution in [0.15, 0.2) is 35.5 Å². The Kier molecular flexibility index (Phi) is 3.07. The molecule has 3 aliphatic rings. The van der Waals surface area contributed by atoms with E-state index in [0.29, 0.717) is 12.2 Å². The molecule has 2 aliphatic heterocycles. The van der Waals surface area contributed by atoms with Crippen LogP contribution >= 0.6 is 0 Å². The summed E-state index contributed by atoms with van der Waals surface area (Å²) in [4.78, 5) is 8.78. The summed E-state index contributed by atoms with van der Waals surface area (Å²) in [6, 6.07) is 0.475. The Morgan fingerprint density at radius 3 is 3.00 bits per heavy atom. The Labute approximate surface area is 93.7 Å². The lowest BCUT2D eigenvalue weighted by molar-refractivity contribution is 0.205. The second-order valence-corrected chi connectivity index (χ2v) is 3.84. The van der Waals surface area contributed by atoms with Gasteiger partial charge in [-0.1, -0.05) is 24.3 Å². The number of primary amides is 1. The van der Waals surface area contributed by atoms with E-state index in [2.05, 4.69) is 40.7 Å². The van der Waals surface area contributed by atoms with Crippen LogP contribution in [0.25, 0.3) is 0 Å². The largest absolute Gasteiger partial charge is 0.465 e. The number of rotatable bonds is 0. The molecule has 5 heteroatoms. The maximum absolute atomic E-state index is 8.78. The maximum Gasteiger partial charge on any atom is 0.402 e. The fourth-order valence-electron chi connectivity index (χ4n) is 2.26. The molecule has 5 N–H and O–H groups in total. The minimum absolute atomic E-state index is 0.456. The van der Waals surface area contributed by atoms with Crippen molar-refractivity contribution in [1.82, 2.24) is 10.6 Å². The molecular formula is C11H15N3O2. The second-order valence-electron chi connectivity index (χ2n) is 3.84. The zero-order valence-corrected chi connectivity index (χ0v) is 8.81. The van der Waals surface area contributed by atoms with Gasteiger partial charge in [0.1, 0.15) is 0 Å². The number of hydrogen-bond acceptors (Lipinski definition) is 3. The highest BCUT2D eigenvalue weighted by atomic mass is 16.4. The molecule has 86 valence electrons. The van der Waals surface area contributed by atoms with Gasteiger partial charge >= 0.3 is 6.09 Å². The number of fused-ring (bicyclic) bond motifs is 2. The summed E-state index contributed by atoms with van der Waals surface area (Å²) in [5, 5.41) is 14.2. The maximum atomic E-state index is 8.78. The third kappa shape index (κ3) is 2.15. The molecule has 2 atom stereocenters. The van der Waals surface area contributed by atoms with Crippen LogP contribution in [0.3, 0.4) is 0 Å². The van der Waals surface area contributed by atoms with Crippen molar-refractivity contribution in [3.8, 4) is 0 Å². The van der Waals surface area contributed by atoms with Crippen molar-refractivity contribution in [3.63, 3.8) is 0 Å². The highest BCUT2D eigenvalue weighted by Gasteiger charge is 2.33. The van der Waals surface area contributed by atoms with E-state index in [1.54, 1.807) is 5.57 Å². The van der Waals surface area contributed by atoms with E-state index in [1.807, 2.05) is 0 Å². The number of amides is 1. The third-order valence-corrected chi connectivity index (χ3v) is 2.83. The van der Waals surface area contributed by atoms with Crippen molar-refractivity contribution in [2.45, 2.75) is 18.6 Å². The Balaban J connectivity index is 0.000000212. The molecule has 0 aromatic heterocycles. The van der Waals surface area contributed by atoms with Crippen molar-refractivity contribution in [2.75, 3.05) is 6.54 Å². The molecule has 1 saturated heterocycles. The van der Waals surface area contributed by atoms with E-state index < -0.39 is 6.09 Å². The molecule has 0 radical (unpaired) electrons. The van der Waals surface area contributed by atoms with Crippen LogP contribution in [0.5, 0.6) is 0 Å². The van der Waals surface area contributed by atoms with Crippen molar-refractivity contribution in [2.24, 2.45) is 5.73 Å². The van der Waals surface area contributed by atoms with Gasteiger partial charge in [0.25, 0.3) is 0 Å². The molecule has 1 aliphatic carbocycles. The summed E-state index contributed by atoms with van der Waals surface area (Å²) in [5.74, 6) is 0. The lowest BCUT2D eigenvalue weighted by Gasteiger charge is -2.13. The van der Waals surface area contributed by atoms with Gasteiger partial charge in [-0.2, -0.15) is 0 Å². The Morgan fingerprint density at radius 2 is 2.25 bits per heavy atom. The molecule has 0 bridgehead atoms. The average Bonchev–Trinajstić information content (AvgIpc) is 2.75. The molecule has 16 heavy (non-hydrogen) atoms. The molecule has 2 unspecified atom stereocenters. The SMILES string of the molecule is C1=CC2=C3CCNC3NC2C=C1.NC(=O)O. The minimum atomic E-state index is -1.33. The zero-order chi connectivity index (χ0) is 11.5. The molecule has 2 heterocycles. The summed E-state index contributed by atoms with van der Waals surface area (Å²) < 4.78 is 0. The van der Waals surface area contributed by atoms with Gasteiger partial charge in [-0.05, 0) is 17.6 Å². The van der Waals surface area contributed by atoms with Gasteiger partial charge in [0.2, 0.25) is 0 Å². The summed E-state index contributed by atoms with van der Waals surface area (Å²) in [6.45, 7) is 1.13. The molecule has 1 amide bonds. The third-order valence-electron chi connectivity index (χ3n) is 2.83. The van der Waals surface area contributed by atoms with E-state index in [9.17, 15) is 0 Å². The smallest absolute Gasteiger partial charge is 0.402 e. The standard InChI is InChI=1S/C10H12N2.CH3NO2/c1-2-4-9-7(3-1)8-5-6-11-10(8)12-9;2-1(3)4/h1-4,9-12H,5-6H2;2H2,(H,3,4). The Bertz CT molecular complexity index is 381. The second kappa shape index (κ2) is 4.51. The predicted molar refractivity (Wildman–Crippen MR) is 60.8 cm³/mol. The van der Waals surface area contributed by atoms with E-state index in [4.69, 9.17) is 9.90 Å². The quantitative estimate of drug-likeness (QED) is 0.474. The van der Waals surface area contributed by atoms with Gasteiger partial charge < -0.3 is 10.8 Å². The van der Waals surface area contributed by atoms with Crippen LogP contribution in [0.1, 0.15) is 6.42 Å². The Hall–Kier alpha value is -1.59. The van der Waals surface area contributed by atoms with Crippen molar-refractivity contribution in [3.05, 3.63) is 35.5 Å². The molecule has 3 rings (SSSR count). The molecule has 5 nitrogen and oxygen atoms in total. The zero-order valence-electron chi connectivity index (χ0n) is 8.81. The number of carboxylic acid groups (broad SMARTS) is 1. The van der Waals surface area contributed by atoms with Gasteiger partial charge in [-0.25, -0.2) is 4.79 Å². The first-order chi connectivity index (χ1) is 7.68. The molecular weight excluding hydrogens is 206 g/mol. The summed E-state index contributed by atoms with van der Waals surface area (Å²) in [6.07, 6.45) is 9.03. The first kappa shape index (κ1) is 10.9. The van der Waals surface area contributed by atoms with Crippen LogP contribution in [-0.2, 0) is 0 Å². The molecule has 0 saturated carbocycles. The Morgan fingerprint density at radius 1 is 1.50 bits per heavy atom. The number of hydrogen-bond donors (Lipinski definition) is 4. The molecule has 0 aromatic rings. The van der Waals surface area contributed by atoms with Crippen molar-refractivity contribution < 1.29 is 9.90 Å². The van der Waals surface area contributed by atoms with Crippen molar-refractivity contribution >= 4 is 6.09 Å². The normalized spacial score (nSPS) is 29.5. The van der Waals surface area contributed by atoms with E-state index >= 15 is 0 Å². The first-order valence-electron chi connectivity index (χ1n) is 5.24. The van der Waals surface area contributed by atoms with Gasteiger partial charge in [-0.3, -0.25) is 10.6 Å². The lowest BCUT2D eigenvalue weighted by atomic mass is 10.00. The van der Waals surface area contributed by atoms with Gasteiger partial charge in [-0.15, -0.1) is 0 Å². The monoisotopic (exact) mass is 221 g/mol. The van der Waals surface area contributed by atoms with Crippen LogP contribution < -0.4 is 16.4 Å². The van der Waals surface area contributed by atoms with E-state index in [0.717, 1.165) is 6.54 Å². The number of allylic oxidation sites excluding steroid dienone is 2. The van der Waals surface area contributed by atoms with Crippen molar-refractivity contribution in [1.29, 1.82) is 0 Å². The van der Waals surface area contributed by atoms with Gasteiger partial charge in [0, 0.05) is 6.54 Å². The van der Waals surface area contributed by atoms with E-state index in [-0.39, 0.29) is 0 Å². The van der Waals surface area contributed by atoms with E-state index in [1.165, 1.54) is 12.0 Å². The fraction of sp³-hybridized carbons (Fsp3) is 0.364. The molecule has 1 fully saturated rings. The minimum Gasteiger partial charge on any atom is -0.465 e. The van der Waals surface area contributed by atoms with Crippen LogP contribution in [0.2, 0.25) is 0 Å². The predicted octanol–water partition coefficient (Wildman–Crippen LogP) is 0.323. The van der Waals surface area contributed by atoms with Crippen LogP contribution in [0.4, 0.5) is 4.79 Å². The highest BCUT2D eigenvalue weighted by Crippen LogP contribution is 2.29. The van der Waals surface area contributed by atoms with Gasteiger partial charge in [0.05, 0.1) is 12.2 Å². The van der Waals surface area contributed by atoms with Gasteiger partial charge in [0.15, 0.2) is 0 Å². The summed E-state index contributed by atoms with van der Waals surface area (Å²) in [7, 11) is 0. The van der Waals surface area contributed by atoms with Crippen LogP contribution in [-0.4, -0.2) is 30.0 Å². The topological polar surface area (TPSA) is 87.4 Å². The molecule has 0 spiro atoms. The van der Waals surface area contributed by atoms with Crippen LogP contribution in [0, 0.1) is 0 Å². The fourth-order valence-corrected chi connectivity index (χ4v) is 2.26.